The number of halogens is 3. The van der Waals surface area contributed by atoms with Gasteiger partial charge in [0.1, 0.15) is 6.61 Å². The lowest BCUT2D eigenvalue weighted by Gasteiger charge is -2.23. The van der Waals surface area contributed by atoms with Gasteiger partial charge in [-0.2, -0.15) is 13.2 Å². The molecule has 12 heteroatoms. The van der Waals surface area contributed by atoms with Crippen LogP contribution in [0.2, 0.25) is 0 Å². The van der Waals surface area contributed by atoms with Gasteiger partial charge in [0, 0.05) is 19.0 Å². The van der Waals surface area contributed by atoms with Crippen molar-refractivity contribution in [3.63, 3.8) is 0 Å². The highest BCUT2D eigenvalue weighted by molar-refractivity contribution is 7.90. The van der Waals surface area contributed by atoms with Crippen molar-refractivity contribution in [2.45, 2.75) is 30.5 Å². The van der Waals surface area contributed by atoms with Gasteiger partial charge in [-0.05, 0) is 41.3 Å². The van der Waals surface area contributed by atoms with Gasteiger partial charge < -0.3 is 14.4 Å². The number of carbonyl (C=O) groups excluding carboxylic acids is 2. The second-order valence-corrected chi connectivity index (χ2v) is 11.4. The smallest absolute Gasteiger partial charge is 0.416 e. The Bertz CT molecular complexity index is 1450. The Balaban J connectivity index is 1.30. The minimum atomic E-state index is -4.72. The van der Waals surface area contributed by atoms with Crippen molar-refractivity contribution in [2.24, 2.45) is 5.92 Å². The van der Waals surface area contributed by atoms with Gasteiger partial charge in [-0.3, -0.25) is 4.79 Å². The van der Waals surface area contributed by atoms with Crippen LogP contribution in [-0.4, -0.2) is 51.6 Å². The van der Waals surface area contributed by atoms with Crippen molar-refractivity contribution in [2.75, 3.05) is 26.3 Å². The molecule has 41 heavy (non-hydrogen) atoms. The predicted octanol–water partition coefficient (Wildman–Crippen LogP) is 4.58. The van der Waals surface area contributed by atoms with Crippen LogP contribution < -0.4 is 4.72 Å². The molecule has 1 fully saturated rings. The van der Waals surface area contributed by atoms with Crippen LogP contribution in [0, 0.1) is 5.92 Å². The van der Waals surface area contributed by atoms with E-state index in [1.165, 1.54) is 0 Å². The maximum Gasteiger partial charge on any atom is 0.416 e. The lowest BCUT2D eigenvalue weighted by molar-refractivity contribution is -0.137. The Morgan fingerprint density at radius 3 is 2.37 bits per heavy atom. The lowest BCUT2D eigenvalue weighted by Crippen LogP contribution is -2.36. The van der Waals surface area contributed by atoms with Crippen molar-refractivity contribution >= 4 is 22.0 Å². The van der Waals surface area contributed by atoms with E-state index in [4.69, 9.17) is 9.47 Å². The molecule has 0 radical (unpaired) electrons. The number of sulfonamides is 1. The summed E-state index contributed by atoms with van der Waals surface area (Å²) in [6.45, 7) is 1.90. The van der Waals surface area contributed by atoms with Crippen LogP contribution in [0.25, 0.3) is 0 Å². The average molecular weight is 591 g/mol. The number of carbonyl (C=O) groups is 2. The van der Waals surface area contributed by atoms with Gasteiger partial charge in [-0.15, -0.1) is 0 Å². The first kappa shape index (κ1) is 30.1. The highest BCUT2D eigenvalue weighted by atomic mass is 32.2. The molecule has 0 spiro atoms. The topological polar surface area (TPSA) is 102 Å². The second-order valence-electron chi connectivity index (χ2n) is 9.68. The maximum absolute atomic E-state index is 12.9. The largest absolute Gasteiger partial charge is 0.445 e. The minimum absolute atomic E-state index is 0.00790. The molecule has 0 saturated carbocycles. The number of hydrogen-bond donors (Lipinski definition) is 1. The first-order chi connectivity index (χ1) is 19.5. The summed E-state index contributed by atoms with van der Waals surface area (Å²) in [5, 5.41) is 0. The van der Waals surface area contributed by atoms with Crippen molar-refractivity contribution < 1.29 is 40.7 Å². The third-order valence-electron chi connectivity index (χ3n) is 6.43. The van der Waals surface area contributed by atoms with E-state index in [2.05, 4.69) is 0 Å². The zero-order valence-electron chi connectivity index (χ0n) is 22.0. The molecule has 8 nitrogen and oxygen atoms in total. The highest BCUT2D eigenvalue weighted by Crippen LogP contribution is 2.30. The molecular weight excluding hydrogens is 561 g/mol. The molecule has 1 N–H and O–H groups in total. The normalized spacial score (nSPS) is 16.1. The SMILES string of the molecule is O=C(Cc1ccc(C[C@H]2COCCN(C(=O)OCc3ccccc3)C2)cc1)NS(=O)(=O)c1cccc(C(F)(F)F)c1. The van der Waals surface area contributed by atoms with Gasteiger partial charge in [0.05, 0.1) is 30.1 Å². The van der Waals surface area contributed by atoms with Crippen molar-refractivity contribution in [1.29, 1.82) is 0 Å². The summed E-state index contributed by atoms with van der Waals surface area (Å²) >= 11 is 0. The molecule has 1 atom stereocenters. The summed E-state index contributed by atoms with van der Waals surface area (Å²) in [5.41, 5.74) is 1.22. The van der Waals surface area contributed by atoms with Gasteiger partial charge in [0.25, 0.3) is 10.0 Å². The summed E-state index contributed by atoms with van der Waals surface area (Å²) in [6, 6.07) is 19.5. The van der Waals surface area contributed by atoms with Gasteiger partial charge >= 0.3 is 12.3 Å². The van der Waals surface area contributed by atoms with E-state index in [-0.39, 0.29) is 18.9 Å². The van der Waals surface area contributed by atoms with Crippen LogP contribution >= 0.6 is 0 Å². The van der Waals surface area contributed by atoms with Crippen molar-refractivity contribution in [3.05, 3.63) is 101 Å². The molecule has 2 amide bonds. The molecule has 1 aliphatic rings. The molecule has 3 aromatic carbocycles. The van der Waals surface area contributed by atoms with E-state index in [9.17, 15) is 31.2 Å². The Kier molecular flexibility index (Phi) is 9.66. The van der Waals surface area contributed by atoms with E-state index in [0.717, 1.165) is 29.3 Å². The van der Waals surface area contributed by atoms with E-state index in [0.29, 0.717) is 44.4 Å². The lowest BCUT2D eigenvalue weighted by atomic mass is 9.98. The van der Waals surface area contributed by atoms with Crippen molar-refractivity contribution in [3.8, 4) is 0 Å². The fourth-order valence-electron chi connectivity index (χ4n) is 4.38. The van der Waals surface area contributed by atoms with Gasteiger partial charge in [0.15, 0.2) is 0 Å². The van der Waals surface area contributed by atoms with Crippen molar-refractivity contribution in [1.82, 2.24) is 9.62 Å². The number of rotatable bonds is 8. The minimum Gasteiger partial charge on any atom is -0.445 e. The first-order valence-electron chi connectivity index (χ1n) is 12.8. The summed E-state index contributed by atoms with van der Waals surface area (Å²) in [6.07, 6.45) is -4.82. The molecule has 1 saturated heterocycles. The molecule has 0 aromatic heterocycles. The third kappa shape index (κ3) is 8.79. The number of benzene rings is 3. The van der Waals surface area contributed by atoms with Gasteiger partial charge in [-0.1, -0.05) is 60.7 Å². The monoisotopic (exact) mass is 590 g/mol. The molecule has 0 bridgehead atoms. The highest BCUT2D eigenvalue weighted by Gasteiger charge is 2.32. The average Bonchev–Trinajstić information content (AvgIpc) is 3.18. The Labute approximate surface area is 236 Å². The second kappa shape index (κ2) is 13.2. The van der Waals surface area contributed by atoms with E-state index in [1.807, 2.05) is 35.1 Å². The number of hydrogen-bond acceptors (Lipinski definition) is 6. The van der Waals surface area contributed by atoms with Crippen LogP contribution in [0.1, 0.15) is 22.3 Å². The number of nitrogens with zero attached hydrogens (tertiary/aromatic N) is 1. The predicted molar refractivity (Wildman–Crippen MR) is 143 cm³/mol. The van der Waals surface area contributed by atoms with E-state index >= 15 is 0 Å². The standard InChI is InChI=1S/C29H29F3N2O6S/c30-29(31,32)25-7-4-8-26(17-25)41(37,38)33-27(35)16-22-11-9-21(10-12-22)15-24-18-34(13-14-39-19-24)28(36)40-20-23-5-2-1-3-6-23/h1-12,17,24H,13-16,18-20H2,(H,33,35)/t24-/m1/s1. The molecule has 4 rings (SSSR count). The van der Waals surface area contributed by atoms with Crippen LogP contribution in [-0.2, 0) is 49.9 Å². The fraction of sp³-hybridized carbons (Fsp3) is 0.310. The Morgan fingerprint density at radius 1 is 0.951 bits per heavy atom. The number of ether oxygens (including phenoxy) is 2. The first-order valence-corrected chi connectivity index (χ1v) is 14.3. The van der Waals surface area contributed by atoms with Crippen LogP contribution in [0.4, 0.5) is 18.0 Å². The summed E-state index contributed by atoms with van der Waals surface area (Å²) in [5.74, 6) is -0.870. The summed E-state index contributed by atoms with van der Waals surface area (Å²) in [4.78, 5) is 26.0. The third-order valence-corrected chi connectivity index (χ3v) is 7.80. The van der Waals surface area contributed by atoms with Gasteiger partial charge in [0.2, 0.25) is 5.91 Å². The molecule has 1 heterocycles. The molecule has 1 aliphatic heterocycles. The Hall–Kier alpha value is -3.90. The number of nitrogens with one attached hydrogen (secondary N) is 1. The Morgan fingerprint density at radius 2 is 1.66 bits per heavy atom. The summed E-state index contributed by atoms with van der Waals surface area (Å²) < 4.78 is 76.7. The molecule has 0 aliphatic carbocycles. The number of alkyl halides is 3. The van der Waals surface area contributed by atoms with E-state index in [1.54, 1.807) is 29.2 Å². The quantitative estimate of drug-likeness (QED) is 0.412. The van der Waals surface area contributed by atoms with Gasteiger partial charge in [-0.25, -0.2) is 17.9 Å². The number of amides is 2. The van der Waals surface area contributed by atoms with Crippen LogP contribution in [0.5, 0.6) is 0 Å². The van der Waals surface area contributed by atoms with E-state index < -0.39 is 38.7 Å². The molecule has 0 unspecified atom stereocenters. The summed E-state index contributed by atoms with van der Waals surface area (Å²) in [7, 11) is -4.48. The molecule has 3 aromatic rings. The zero-order valence-corrected chi connectivity index (χ0v) is 22.8. The molecular formula is C29H29F3N2O6S. The van der Waals surface area contributed by atoms with Crippen LogP contribution in [0.3, 0.4) is 0 Å². The maximum atomic E-state index is 12.9. The zero-order chi connectivity index (χ0) is 29.5. The molecule has 218 valence electrons. The van der Waals surface area contributed by atoms with Crippen LogP contribution in [0.15, 0.2) is 83.8 Å². The fourth-order valence-corrected chi connectivity index (χ4v) is 5.41.